The van der Waals surface area contributed by atoms with Crippen molar-refractivity contribution in [2.45, 2.75) is 44.7 Å². The van der Waals surface area contributed by atoms with Crippen molar-refractivity contribution < 1.29 is 0 Å². The molecule has 0 aromatic rings. The molecular weight excluding hydrogens is 172 g/mol. The quantitative estimate of drug-likeness (QED) is 0.358. The van der Waals surface area contributed by atoms with E-state index in [0.717, 1.165) is 17.8 Å². The number of rotatable bonds is 5. The molecule has 0 heterocycles. The Bertz CT molecular complexity index is 186. The van der Waals surface area contributed by atoms with E-state index < -0.39 is 0 Å². The summed E-state index contributed by atoms with van der Waals surface area (Å²) in [5, 5.41) is 0. The second-order valence-corrected chi connectivity index (χ2v) is 7.01. The summed E-state index contributed by atoms with van der Waals surface area (Å²) in [5.74, 6) is 3.09. The van der Waals surface area contributed by atoms with Gasteiger partial charge in [-0.3, -0.25) is 0 Å². The van der Waals surface area contributed by atoms with Crippen molar-refractivity contribution in [2.75, 3.05) is 0 Å². The first-order chi connectivity index (χ1) is 6.40. The van der Waals surface area contributed by atoms with E-state index in [1.54, 1.807) is 18.5 Å². The fourth-order valence-electron chi connectivity index (χ4n) is 3.06. The van der Waals surface area contributed by atoms with E-state index in [1.807, 2.05) is 0 Å². The molecule has 2 aliphatic carbocycles. The molecule has 3 unspecified atom stereocenters. The summed E-state index contributed by atoms with van der Waals surface area (Å²) in [6.45, 7) is 2.33. The van der Waals surface area contributed by atoms with E-state index in [2.05, 4.69) is 19.1 Å². The van der Waals surface area contributed by atoms with Crippen LogP contribution in [-0.4, -0.2) is 9.52 Å². The Kier molecular flexibility index (Phi) is 3.26. The normalized spacial score (nSPS) is 36.8. The highest BCUT2D eigenvalue weighted by Crippen LogP contribution is 2.45. The second-order valence-electron chi connectivity index (χ2n) is 4.89. The van der Waals surface area contributed by atoms with Crippen LogP contribution in [0.25, 0.3) is 0 Å². The van der Waals surface area contributed by atoms with Crippen LogP contribution in [0.2, 0.25) is 12.1 Å². The van der Waals surface area contributed by atoms with Crippen molar-refractivity contribution in [3.8, 4) is 0 Å². The lowest BCUT2D eigenvalue weighted by Gasteiger charge is -2.17. The maximum atomic E-state index is 2.50. The molecular formula is C12H22Si. The van der Waals surface area contributed by atoms with Gasteiger partial charge in [0.2, 0.25) is 0 Å². The summed E-state index contributed by atoms with van der Waals surface area (Å²) in [7, 11) is 0.338. The standard InChI is InChI=1S/C12H22Si/c1-2-6-13-7-5-12-9-10-3-4-11(12)8-10/h3-4,10-12H,2,5-9,13H2,1H3. The lowest BCUT2D eigenvalue weighted by atomic mass is 9.91. The highest BCUT2D eigenvalue weighted by Gasteiger charge is 2.34. The molecule has 0 aromatic carbocycles. The van der Waals surface area contributed by atoms with Gasteiger partial charge < -0.3 is 0 Å². The lowest BCUT2D eigenvalue weighted by Crippen LogP contribution is -2.07. The van der Waals surface area contributed by atoms with Crippen molar-refractivity contribution in [1.29, 1.82) is 0 Å². The zero-order valence-electron chi connectivity index (χ0n) is 8.84. The van der Waals surface area contributed by atoms with Crippen LogP contribution < -0.4 is 0 Å². The number of fused-ring (bicyclic) bond motifs is 2. The summed E-state index contributed by atoms with van der Waals surface area (Å²) in [5.41, 5.74) is 0. The Morgan fingerprint density at radius 1 is 1.23 bits per heavy atom. The smallest absolute Gasteiger partial charge is 0.0197 e. The van der Waals surface area contributed by atoms with Crippen LogP contribution in [-0.2, 0) is 0 Å². The third kappa shape index (κ3) is 2.25. The van der Waals surface area contributed by atoms with E-state index >= 15 is 0 Å². The van der Waals surface area contributed by atoms with E-state index in [1.165, 1.54) is 19.3 Å². The van der Waals surface area contributed by atoms with Crippen molar-refractivity contribution >= 4 is 9.52 Å². The van der Waals surface area contributed by atoms with Crippen molar-refractivity contribution in [3.05, 3.63) is 12.2 Å². The Balaban J connectivity index is 1.64. The zero-order chi connectivity index (χ0) is 9.10. The topological polar surface area (TPSA) is 0 Å². The van der Waals surface area contributed by atoms with E-state index in [4.69, 9.17) is 0 Å². The number of hydrogen-bond donors (Lipinski definition) is 0. The van der Waals surface area contributed by atoms with Gasteiger partial charge >= 0.3 is 0 Å². The minimum atomic E-state index is 0.338. The monoisotopic (exact) mass is 194 g/mol. The summed E-state index contributed by atoms with van der Waals surface area (Å²) >= 11 is 0. The summed E-state index contributed by atoms with van der Waals surface area (Å²) in [6.07, 6.45) is 11.0. The molecule has 0 nitrogen and oxygen atoms in total. The molecule has 3 atom stereocenters. The Morgan fingerprint density at radius 2 is 2.15 bits per heavy atom. The molecule has 0 amide bonds. The van der Waals surface area contributed by atoms with Gasteiger partial charge in [-0.1, -0.05) is 44.0 Å². The average molecular weight is 194 g/mol. The molecule has 0 radical (unpaired) electrons. The molecule has 0 aromatic heterocycles. The fourth-order valence-corrected chi connectivity index (χ4v) is 4.73. The Hall–Kier alpha value is -0.0431. The van der Waals surface area contributed by atoms with E-state index in [0.29, 0.717) is 9.52 Å². The first-order valence-corrected chi connectivity index (χ1v) is 8.08. The Morgan fingerprint density at radius 3 is 2.77 bits per heavy atom. The van der Waals surface area contributed by atoms with Crippen molar-refractivity contribution in [1.82, 2.24) is 0 Å². The largest absolute Gasteiger partial charge is 0.0851 e. The zero-order valence-corrected chi connectivity index (χ0v) is 10.3. The molecule has 1 heteroatoms. The van der Waals surface area contributed by atoms with Gasteiger partial charge in [0.25, 0.3) is 0 Å². The molecule has 1 fully saturated rings. The maximum Gasteiger partial charge on any atom is 0.0197 e. The van der Waals surface area contributed by atoms with Gasteiger partial charge in [-0.05, 0) is 30.6 Å². The predicted molar refractivity (Wildman–Crippen MR) is 61.9 cm³/mol. The average Bonchev–Trinajstić information content (AvgIpc) is 2.73. The molecule has 0 aliphatic heterocycles. The lowest BCUT2D eigenvalue weighted by molar-refractivity contribution is 0.433. The van der Waals surface area contributed by atoms with Crippen molar-refractivity contribution in [2.24, 2.45) is 17.8 Å². The van der Waals surface area contributed by atoms with Crippen LogP contribution in [0.3, 0.4) is 0 Å². The minimum absolute atomic E-state index is 0.338. The predicted octanol–water partition coefficient (Wildman–Crippen LogP) is 3.00. The molecule has 2 rings (SSSR count). The van der Waals surface area contributed by atoms with Crippen LogP contribution >= 0.6 is 0 Å². The molecule has 1 saturated carbocycles. The molecule has 2 bridgehead atoms. The highest BCUT2D eigenvalue weighted by atomic mass is 28.2. The van der Waals surface area contributed by atoms with Gasteiger partial charge in [0.15, 0.2) is 0 Å². The summed E-state index contributed by atoms with van der Waals surface area (Å²) < 4.78 is 0. The third-order valence-corrected chi connectivity index (χ3v) is 5.96. The SMILES string of the molecule is CCC[SiH2]CCC1CC2C=CC1C2. The van der Waals surface area contributed by atoms with Crippen LogP contribution in [0.5, 0.6) is 0 Å². The van der Waals surface area contributed by atoms with Crippen molar-refractivity contribution in [3.63, 3.8) is 0 Å². The highest BCUT2D eigenvalue weighted by molar-refractivity contribution is 6.35. The van der Waals surface area contributed by atoms with E-state index in [-0.39, 0.29) is 0 Å². The van der Waals surface area contributed by atoms with Gasteiger partial charge in [0.05, 0.1) is 0 Å². The molecule has 74 valence electrons. The molecule has 0 saturated heterocycles. The molecule has 13 heavy (non-hydrogen) atoms. The van der Waals surface area contributed by atoms with Gasteiger partial charge in [-0.15, -0.1) is 0 Å². The summed E-state index contributed by atoms with van der Waals surface area (Å²) in [4.78, 5) is 0. The van der Waals surface area contributed by atoms with Gasteiger partial charge in [-0.25, -0.2) is 0 Å². The summed E-state index contributed by atoms with van der Waals surface area (Å²) in [6, 6.07) is 3.20. The Labute approximate surface area is 84.6 Å². The van der Waals surface area contributed by atoms with Crippen LogP contribution in [0.15, 0.2) is 12.2 Å². The number of hydrogen-bond acceptors (Lipinski definition) is 0. The maximum absolute atomic E-state index is 2.50. The van der Waals surface area contributed by atoms with E-state index in [9.17, 15) is 0 Å². The minimum Gasteiger partial charge on any atom is -0.0851 e. The fraction of sp³-hybridized carbons (Fsp3) is 0.833. The second kappa shape index (κ2) is 4.45. The molecule has 0 N–H and O–H groups in total. The van der Waals surface area contributed by atoms with Gasteiger partial charge in [0.1, 0.15) is 0 Å². The number of allylic oxidation sites excluding steroid dienone is 2. The first kappa shape index (κ1) is 9.51. The van der Waals surface area contributed by atoms with Crippen LogP contribution in [0.4, 0.5) is 0 Å². The van der Waals surface area contributed by atoms with Crippen LogP contribution in [0, 0.1) is 17.8 Å². The van der Waals surface area contributed by atoms with Gasteiger partial charge in [0, 0.05) is 9.52 Å². The van der Waals surface area contributed by atoms with Crippen LogP contribution in [0.1, 0.15) is 32.6 Å². The first-order valence-electron chi connectivity index (χ1n) is 6.08. The molecule has 2 aliphatic rings. The molecule has 0 spiro atoms. The van der Waals surface area contributed by atoms with Gasteiger partial charge in [-0.2, -0.15) is 0 Å². The third-order valence-electron chi connectivity index (χ3n) is 3.84.